The zero-order valence-electron chi connectivity index (χ0n) is 26.1. The number of anilines is 1. The monoisotopic (exact) mass is 672 g/mol. The number of carboxylic acid groups (broad SMARTS) is 1. The molecular weight excluding hydrogens is 640 g/mol. The van der Waals surface area contributed by atoms with E-state index in [1.807, 2.05) is 47.4 Å². The van der Waals surface area contributed by atoms with Gasteiger partial charge >= 0.3 is 5.97 Å². The van der Waals surface area contributed by atoms with Crippen molar-refractivity contribution in [2.75, 3.05) is 18.8 Å². The summed E-state index contributed by atoms with van der Waals surface area (Å²) in [5, 5.41) is 10.3. The second-order valence-corrected chi connectivity index (χ2v) is 14.1. The summed E-state index contributed by atoms with van der Waals surface area (Å²) in [6.07, 6.45) is 1.81. The first-order valence-electron chi connectivity index (χ1n) is 15.7. The van der Waals surface area contributed by atoms with Crippen LogP contribution in [-0.2, 0) is 24.2 Å². The Balaban J connectivity index is 0.000000180. The van der Waals surface area contributed by atoms with Crippen molar-refractivity contribution in [2.45, 2.75) is 19.4 Å². The Kier molecular flexibility index (Phi) is 9.25. The Morgan fingerprint density at radius 2 is 1.29 bits per heavy atom. The highest BCUT2D eigenvalue weighted by Crippen LogP contribution is 2.33. The predicted octanol–water partition coefficient (Wildman–Crippen LogP) is 8.68. The van der Waals surface area contributed by atoms with Gasteiger partial charge in [-0.3, -0.25) is 9.69 Å². The van der Waals surface area contributed by atoms with E-state index >= 15 is 0 Å². The number of nitrogens with zero attached hydrogens (tertiary/aromatic N) is 3. The number of hydrogen-bond acceptors (Lipinski definition) is 7. The largest absolute Gasteiger partial charge is 0.481 e. The van der Waals surface area contributed by atoms with Gasteiger partial charge in [0, 0.05) is 25.2 Å². The van der Waals surface area contributed by atoms with Crippen molar-refractivity contribution < 1.29 is 14.3 Å². The van der Waals surface area contributed by atoms with Crippen molar-refractivity contribution in [1.29, 1.82) is 0 Å². The fraction of sp³-hybridized carbons (Fsp3) is 0.154. The Morgan fingerprint density at radius 1 is 0.729 bits per heavy atom. The first-order chi connectivity index (χ1) is 23.4. The van der Waals surface area contributed by atoms with Gasteiger partial charge in [0.25, 0.3) is 0 Å². The van der Waals surface area contributed by atoms with Crippen LogP contribution in [0.1, 0.15) is 27.8 Å². The molecule has 8 rings (SSSR count). The van der Waals surface area contributed by atoms with E-state index in [1.165, 1.54) is 39.7 Å². The van der Waals surface area contributed by atoms with Gasteiger partial charge in [-0.1, -0.05) is 90.2 Å². The number of benzene rings is 5. The Morgan fingerprint density at radius 3 is 1.88 bits per heavy atom. The fourth-order valence-electron chi connectivity index (χ4n) is 5.90. The number of nitrogen functional groups attached to an aromatic ring is 1. The molecule has 1 fully saturated rings. The molecule has 0 atom stereocenters. The zero-order chi connectivity index (χ0) is 33.0. The first kappa shape index (κ1) is 31.6. The van der Waals surface area contributed by atoms with Crippen LogP contribution in [0.25, 0.3) is 31.0 Å². The maximum atomic E-state index is 14.9. The maximum absolute atomic E-state index is 14.9. The van der Waals surface area contributed by atoms with Crippen molar-refractivity contribution in [3.05, 3.63) is 149 Å². The molecule has 0 aliphatic carbocycles. The number of rotatable bonds is 8. The average molecular weight is 673 g/mol. The fourth-order valence-corrected chi connectivity index (χ4v) is 7.75. The lowest BCUT2D eigenvalue weighted by Crippen LogP contribution is -2.49. The van der Waals surface area contributed by atoms with Crippen molar-refractivity contribution in [1.82, 2.24) is 14.9 Å². The molecule has 0 amide bonds. The molecule has 0 unspecified atom stereocenters. The van der Waals surface area contributed by atoms with Crippen LogP contribution in [0.15, 0.2) is 115 Å². The highest BCUT2D eigenvalue weighted by molar-refractivity contribution is 7.22. The third-order valence-electron chi connectivity index (χ3n) is 8.40. The zero-order valence-corrected chi connectivity index (χ0v) is 27.7. The van der Waals surface area contributed by atoms with E-state index in [1.54, 1.807) is 17.4 Å². The van der Waals surface area contributed by atoms with E-state index in [-0.39, 0.29) is 11.7 Å². The lowest BCUT2D eigenvalue weighted by atomic mass is 9.99. The summed E-state index contributed by atoms with van der Waals surface area (Å²) in [5.41, 5.74) is 14.0. The van der Waals surface area contributed by atoms with Gasteiger partial charge in [-0.05, 0) is 77.1 Å². The Hall–Kier alpha value is -4.96. The van der Waals surface area contributed by atoms with Gasteiger partial charge < -0.3 is 10.8 Å². The van der Waals surface area contributed by atoms with E-state index in [2.05, 4.69) is 70.6 Å². The smallest absolute Gasteiger partial charge is 0.309 e. The number of nitrogens with two attached hydrogens (primary N) is 1. The first-order valence-corrected chi connectivity index (χ1v) is 17.4. The van der Waals surface area contributed by atoms with Gasteiger partial charge in [-0.15, -0.1) is 11.3 Å². The molecule has 6 nitrogen and oxygen atoms in total. The summed E-state index contributed by atoms with van der Waals surface area (Å²) in [4.78, 5) is 21.8. The Labute approximate surface area is 286 Å². The molecule has 1 aliphatic heterocycles. The molecule has 0 spiro atoms. The number of carboxylic acids is 1. The lowest BCUT2D eigenvalue weighted by molar-refractivity contribution is -0.147. The molecule has 0 saturated carbocycles. The van der Waals surface area contributed by atoms with Gasteiger partial charge in [0.15, 0.2) is 5.13 Å². The van der Waals surface area contributed by atoms with Crippen LogP contribution in [0.3, 0.4) is 0 Å². The van der Waals surface area contributed by atoms with Crippen LogP contribution in [0.2, 0.25) is 0 Å². The molecule has 240 valence electrons. The van der Waals surface area contributed by atoms with Crippen molar-refractivity contribution in [3.63, 3.8) is 0 Å². The topological polar surface area (TPSA) is 92.3 Å². The molecule has 1 saturated heterocycles. The highest BCUT2D eigenvalue weighted by atomic mass is 32.1. The molecule has 0 radical (unpaired) electrons. The van der Waals surface area contributed by atoms with Crippen molar-refractivity contribution in [3.8, 4) is 10.6 Å². The molecule has 1 aliphatic rings. The van der Waals surface area contributed by atoms with E-state index < -0.39 is 5.97 Å². The van der Waals surface area contributed by atoms with Crippen molar-refractivity contribution >= 4 is 54.2 Å². The van der Waals surface area contributed by atoms with Gasteiger partial charge in [-0.25, -0.2) is 14.4 Å². The summed E-state index contributed by atoms with van der Waals surface area (Å²) in [5.74, 6) is -1.37. The van der Waals surface area contributed by atoms with Crippen LogP contribution in [-0.4, -0.2) is 39.0 Å². The molecule has 3 heterocycles. The minimum atomic E-state index is -0.763. The molecule has 3 N–H and O–H groups in total. The molecule has 2 aromatic heterocycles. The minimum absolute atomic E-state index is 0.295. The molecule has 48 heavy (non-hydrogen) atoms. The number of fused-ring (bicyclic) bond motifs is 2. The number of hydrogen-bond donors (Lipinski definition) is 2. The summed E-state index contributed by atoms with van der Waals surface area (Å²) in [7, 11) is 0. The predicted molar refractivity (Wildman–Crippen MR) is 194 cm³/mol. The van der Waals surface area contributed by atoms with Crippen LogP contribution in [0.5, 0.6) is 0 Å². The summed E-state index contributed by atoms with van der Waals surface area (Å²) in [6, 6.07) is 38.6. The SMILES string of the molecule is Nc1nc2ccc(Cc3ccccc3)cc2s1.O=C(O)C1CN(Cc2ccc(-c3nc4ccc(Cc5ccccc5)cc4s3)c(F)c2)C1. The van der Waals surface area contributed by atoms with Crippen LogP contribution in [0, 0.1) is 11.7 Å². The van der Waals surface area contributed by atoms with Gasteiger partial charge in [0.05, 0.1) is 26.4 Å². The highest BCUT2D eigenvalue weighted by Gasteiger charge is 2.32. The van der Waals surface area contributed by atoms with Gasteiger partial charge in [0.2, 0.25) is 0 Å². The Bertz CT molecular complexity index is 2190. The summed E-state index contributed by atoms with van der Waals surface area (Å²) < 4.78 is 17.1. The normalized spacial score (nSPS) is 13.3. The van der Waals surface area contributed by atoms with Crippen LogP contribution in [0.4, 0.5) is 9.52 Å². The van der Waals surface area contributed by atoms with Crippen molar-refractivity contribution in [2.24, 2.45) is 5.92 Å². The molecule has 9 heteroatoms. The second kappa shape index (κ2) is 14.0. The summed E-state index contributed by atoms with van der Waals surface area (Å²) in [6.45, 7) is 1.59. The number of thiazole rings is 2. The average Bonchev–Trinajstić information content (AvgIpc) is 3.65. The number of halogens is 1. The lowest BCUT2D eigenvalue weighted by Gasteiger charge is -2.36. The standard InChI is InChI=1S/C25H21FN2O2S.C14H12N2S/c26-21-11-18(13-28-14-19(15-28)25(29)30)6-8-20(21)24-27-22-9-7-17(12-23(22)31-24)10-16-4-2-1-3-5-16;15-14-16-12-7-6-11(9-13(12)17-14)8-10-4-2-1-3-5-10/h1-9,11-12,19H,10,13-15H2,(H,29,30);1-7,9H,8H2,(H2,15,16). The number of carbonyl (C=O) groups is 1. The van der Waals surface area contributed by atoms with E-state index in [0.717, 1.165) is 38.8 Å². The third-order valence-corrected chi connectivity index (χ3v) is 10.3. The van der Waals surface area contributed by atoms with Gasteiger partial charge in [0.1, 0.15) is 10.8 Å². The maximum Gasteiger partial charge on any atom is 0.309 e. The number of aliphatic carboxylic acids is 1. The molecule has 0 bridgehead atoms. The number of aromatic nitrogens is 2. The second-order valence-electron chi connectivity index (χ2n) is 12.0. The van der Waals surface area contributed by atoms with Crippen LogP contribution >= 0.6 is 22.7 Å². The van der Waals surface area contributed by atoms with E-state index in [0.29, 0.717) is 35.3 Å². The quantitative estimate of drug-likeness (QED) is 0.168. The molecular formula is C39H33FN4O2S2. The molecule has 7 aromatic rings. The van der Waals surface area contributed by atoms with E-state index in [4.69, 9.17) is 10.8 Å². The van der Waals surface area contributed by atoms with Gasteiger partial charge in [-0.2, -0.15) is 0 Å². The summed E-state index contributed by atoms with van der Waals surface area (Å²) >= 11 is 3.04. The number of likely N-dealkylation sites (tertiary alicyclic amines) is 1. The van der Waals surface area contributed by atoms with Crippen LogP contribution < -0.4 is 5.73 Å². The minimum Gasteiger partial charge on any atom is -0.481 e. The van der Waals surface area contributed by atoms with E-state index in [9.17, 15) is 9.18 Å². The third kappa shape index (κ3) is 7.44. The molecule has 5 aromatic carbocycles.